The molecule has 2 heterocycles. The monoisotopic (exact) mass is 470 g/mol. The fourth-order valence-corrected chi connectivity index (χ4v) is 3.64. The first kappa shape index (κ1) is 25.3. The Balaban J connectivity index is 1.99. The second-order valence-corrected chi connectivity index (χ2v) is 8.86. The first-order valence-electron chi connectivity index (χ1n) is 11.2. The van der Waals surface area contributed by atoms with Crippen molar-refractivity contribution in [1.29, 1.82) is 0 Å². The molecule has 1 aromatic carbocycles. The van der Waals surface area contributed by atoms with Crippen LogP contribution in [0.3, 0.4) is 0 Å². The van der Waals surface area contributed by atoms with Crippen molar-refractivity contribution in [3.8, 4) is 16.9 Å². The van der Waals surface area contributed by atoms with Crippen LogP contribution in [0.1, 0.15) is 33.4 Å². The van der Waals surface area contributed by atoms with Crippen molar-refractivity contribution < 1.29 is 19.0 Å². The summed E-state index contributed by atoms with van der Waals surface area (Å²) in [4.78, 5) is 18.7. The highest BCUT2D eigenvalue weighted by Gasteiger charge is 2.20. The molecule has 0 fully saturated rings. The van der Waals surface area contributed by atoms with Gasteiger partial charge >= 0.3 is 6.09 Å². The standard InChI is InChI=1S/C24H34N6O4/c1-7-29(10-11-32-5)14-17-13-18(21-22(25)26-15-27-30(17)21)16-8-9-19(20(12-16)33-6)28-23(31)34-24(2,3)4/h8-9,12-13,15H,7,10-11,14H2,1-6H3,(H,28,31)(H2,25,26,27). The van der Waals surface area contributed by atoms with E-state index >= 15 is 0 Å². The Morgan fingerprint density at radius 1 is 1.24 bits per heavy atom. The van der Waals surface area contributed by atoms with Crippen LogP contribution in [0.25, 0.3) is 16.6 Å². The van der Waals surface area contributed by atoms with E-state index in [9.17, 15) is 4.79 Å². The predicted octanol–water partition coefficient (Wildman–Crippen LogP) is 3.80. The first-order chi connectivity index (χ1) is 16.2. The second-order valence-electron chi connectivity index (χ2n) is 8.86. The fourth-order valence-electron chi connectivity index (χ4n) is 3.64. The lowest BCUT2D eigenvalue weighted by molar-refractivity contribution is 0.0635. The second kappa shape index (κ2) is 10.7. The molecule has 0 radical (unpaired) electrons. The number of carbonyl (C=O) groups is 1. The zero-order valence-electron chi connectivity index (χ0n) is 20.7. The van der Waals surface area contributed by atoms with E-state index in [1.165, 1.54) is 6.33 Å². The molecular formula is C24H34N6O4. The first-order valence-corrected chi connectivity index (χ1v) is 11.2. The molecule has 184 valence electrons. The van der Waals surface area contributed by atoms with Crippen molar-refractivity contribution >= 4 is 23.1 Å². The molecule has 10 nitrogen and oxygen atoms in total. The number of nitrogens with two attached hydrogens (primary N) is 1. The summed E-state index contributed by atoms with van der Waals surface area (Å²) in [6.45, 7) is 10.5. The number of ether oxygens (including phenoxy) is 3. The smallest absolute Gasteiger partial charge is 0.412 e. The van der Waals surface area contributed by atoms with E-state index in [0.717, 1.165) is 35.4 Å². The summed E-state index contributed by atoms with van der Waals surface area (Å²) in [5.41, 5.74) is 9.59. The molecule has 1 amide bonds. The van der Waals surface area contributed by atoms with Gasteiger partial charge in [-0.2, -0.15) is 5.10 Å². The number of rotatable bonds is 9. The van der Waals surface area contributed by atoms with E-state index < -0.39 is 11.7 Å². The van der Waals surface area contributed by atoms with Gasteiger partial charge in [-0.3, -0.25) is 10.2 Å². The van der Waals surface area contributed by atoms with Crippen LogP contribution >= 0.6 is 0 Å². The third-order valence-corrected chi connectivity index (χ3v) is 5.25. The average Bonchev–Trinajstić information content (AvgIpc) is 3.15. The van der Waals surface area contributed by atoms with Gasteiger partial charge in [-0.05, 0) is 51.1 Å². The van der Waals surface area contributed by atoms with E-state index in [1.54, 1.807) is 20.3 Å². The van der Waals surface area contributed by atoms with E-state index in [4.69, 9.17) is 19.9 Å². The molecule has 0 saturated carbocycles. The molecule has 2 aromatic heterocycles. The Bertz CT molecular complexity index is 1140. The van der Waals surface area contributed by atoms with Crippen LogP contribution in [0.15, 0.2) is 30.6 Å². The number of hydrogen-bond donors (Lipinski definition) is 2. The van der Waals surface area contributed by atoms with Gasteiger partial charge in [0.1, 0.15) is 23.2 Å². The predicted molar refractivity (Wildman–Crippen MR) is 132 cm³/mol. The molecule has 0 unspecified atom stereocenters. The number of anilines is 2. The highest BCUT2D eigenvalue weighted by molar-refractivity contribution is 5.92. The van der Waals surface area contributed by atoms with Gasteiger partial charge in [-0.1, -0.05) is 13.0 Å². The van der Waals surface area contributed by atoms with Crippen LogP contribution in [-0.2, 0) is 16.0 Å². The fraction of sp³-hybridized carbons (Fsp3) is 0.458. The summed E-state index contributed by atoms with van der Waals surface area (Å²) >= 11 is 0. The van der Waals surface area contributed by atoms with E-state index in [0.29, 0.717) is 30.4 Å². The molecule has 3 aromatic rings. The van der Waals surface area contributed by atoms with Crippen LogP contribution in [0.2, 0.25) is 0 Å². The number of benzene rings is 1. The highest BCUT2D eigenvalue weighted by Crippen LogP contribution is 2.36. The average molecular weight is 471 g/mol. The molecule has 0 saturated heterocycles. The van der Waals surface area contributed by atoms with Crippen molar-refractivity contribution in [2.45, 2.75) is 39.8 Å². The third kappa shape index (κ3) is 5.95. The van der Waals surface area contributed by atoms with Gasteiger partial charge in [-0.25, -0.2) is 14.3 Å². The Morgan fingerprint density at radius 2 is 2.00 bits per heavy atom. The molecule has 0 aliphatic heterocycles. The van der Waals surface area contributed by atoms with E-state index in [2.05, 4.69) is 33.3 Å². The summed E-state index contributed by atoms with van der Waals surface area (Å²) < 4.78 is 18.0. The molecule has 3 rings (SSSR count). The van der Waals surface area contributed by atoms with Gasteiger partial charge < -0.3 is 19.9 Å². The van der Waals surface area contributed by atoms with Gasteiger partial charge in [0.15, 0.2) is 5.82 Å². The normalized spacial score (nSPS) is 11.7. The molecule has 10 heteroatoms. The lowest BCUT2D eigenvalue weighted by Crippen LogP contribution is -2.27. The molecule has 0 bridgehead atoms. The minimum Gasteiger partial charge on any atom is -0.495 e. The van der Waals surface area contributed by atoms with Gasteiger partial charge in [0.25, 0.3) is 0 Å². The van der Waals surface area contributed by atoms with Crippen molar-refractivity contribution in [2.24, 2.45) is 0 Å². The van der Waals surface area contributed by atoms with Crippen LogP contribution < -0.4 is 15.8 Å². The molecule has 0 aliphatic carbocycles. The van der Waals surface area contributed by atoms with Crippen molar-refractivity contribution in [2.75, 3.05) is 45.0 Å². The van der Waals surface area contributed by atoms with Crippen LogP contribution in [0.4, 0.5) is 16.3 Å². The third-order valence-electron chi connectivity index (χ3n) is 5.25. The largest absolute Gasteiger partial charge is 0.495 e. The molecule has 34 heavy (non-hydrogen) atoms. The number of nitrogens with zero attached hydrogens (tertiary/aromatic N) is 4. The Hall–Kier alpha value is -3.37. The maximum absolute atomic E-state index is 12.2. The SMILES string of the molecule is CCN(CCOC)Cc1cc(-c2ccc(NC(=O)OC(C)(C)C)c(OC)c2)c2c(N)ncnn12. The molecular weight excluding hydrogens is 436 g/mol. The number of methoxy groups -OCH3 is 2. The highest BCUT2D eigenvalue weighted by atomic mass is 16.6. The lowest BCUT2D eigenvalue weighted by atomic mass is 10.1. The number of hydrogen-bond acceptors (Lipinski definition) is 8. The van der Waals surface area contributed by atoms with Crippen molar-refractivity contribution in [3.63, 3.8) is 0 Å². The Morgan fingerprint density at radius 3 is 2.65 bits per heavy atom. The molecule has 0 aliphatic rings. The summed E-state index contributed by atoms with van der Waals surface area (Å²) in [6.07, 6.45) is 0.902. The molecule has 3 N–H and O–H groups in total. The number of carbonyl (C=O) groups excluding carboxylic acids is 1. The summed E-state index contributed by atoms with van der Waals surface area (Å²) in [5.74, 6) is 0.876. The topological polar surface area (TPSA) is 116 Å². The van der Waals surface area contributed by atoms with Gasteiger partial charge in [-0.15, -0.1) is 0 Å². The summed E-state index contributed by atoms with van der Waals surface area (Å²) in [6, 6.07) is 7.58. The number of fused-ring (bicyclic) bond motifs is 1. The maximum atomic E-state index is 12.2. The van der Waals surface area contributed by atoms with Crippen LogP contribution in [0.5, 0.6) is 5.75 Å². The number of likely N-dealkylation sites (N-methyl/N-ethyl adjacent to an activating group) is 1. The maximum Gasteiger partial charge on any atom is 0.412 e. The summed E-state index contributed by atoms with van der Waals surface area (Å²) in [7, 11) is 3.25. The minimum atomic E-state index is -0.605. The number of aromatic nitrogens is 3. The van der Waals surface area contributed by atoms with E-state index in [1.807, 2.05) is 37.4 Å². The van der Waals surface area contributed by atoms with Gasteiger partial charge in [0.05, 0.1) is 25.1 Å². The molecule has 0 atom stereocenters. The van der Waals surface area contributed by atoms with Crippen molar-refractivity contribution in [1.82, 2.24) is 19.5 Å². The summed E-state index contributed by atoms with van der Waals surface area (Å²) in [5, 5.41) is 7.20. The van der Waals surface area contributed by atoms with Crippen molar-refractivity contribution in [3.05, 3.63) is 36.3 Å². The van der Waals surface area contributed by atoms with E-state index in [-0.39, 0.29) is 0 Å². The van der Waals surface area contributed by atoms with Crippen LogP contribution in [0, 0.1) is 0 Å². The quantitative estimate of drug-likeness (QED) is 0.485. The van der Waals surface area contributed by atoms with Gasteiger partial charge in [0, 0.05) is 25.8 Å². The zero-order valence-corrected chi connectivity index (χ0v) is 20.7. The van der Waals surface area contributed by atoms with Crippen LogP contribution in [-0.4, -0.2) is 65.1 Å². The number of nitrogens with one attached hydrogen (secondary N) is 1. The lowest BCUT2D eigenvalue weighted by Gasteiger charge is -2.20. The Labute approximate surface area is 200 Å². The molecule has 0 spiro atoms. The minimum absolute atomic E-state index is 0.381. The number of nitrogen functional groups attached to an aromatic ring is 1. The Kier molecular flexibility index (Phi) is 7.95. The van der Waals surface area contributed by atoms with Gasteiger partial charge in [0.2, 0.25) is 0 Å². The number of amides is 1. The zero-order chi connectivity index (χ0) is 24.9.